The molecular weight excluding hydrogens is 717 g/mol. The second kappa shape index (κ2) is 33.9. The zero-order valence-corrected chi connectivity index (χ0v) is 34.6. The molecule has 0 spiro atoms. The first kappa shape index (κ1) is 50.9. The number of unbranched alkanes of at least 4 members (excludes halogenated alkanes) is 22. The topological polar surface area (TPSA) is 178 Å². The van der Waals surface area contributed by atoms with Crippen LogP contribution in [0.1, 0.15) is 181 Å². The van der Waals surface area contributed by atoms with E-state index in [1.807, 2.05) is 0 Å². The number of carbonyl (C=O) groups is 1. The molecule has 0 amide bonds. The van der Waals surface area contributed by atoms with Crippen molar-refractivity contribution in [3.63, 3.8) is 0 Å². The van der Waals surface area contributed by atoms with Gasteiger partial charge in [0.15, 0.2) is 6.29 Å². The molecule has 0 aromatic rings. The van der Waals surface area contributed by atoms with E-state index in [2.05, 4.69) is 30.2 Å². The van der Waals surface area contributed by atoms with Crippen molar-refractivity contribution in [2.75, 3.05) is 26.4 Å². The zero-order chi connectivity index (χ0) is 39.7. The minimum atomic E-state index is -5.05. The lowest BCUT2D eigenvalue weighted by atomic mass is 9.99. The third-order valence-electron chi connectivity index (χ3n) is 9.89. The lowest BCUT2D eigenvalue weighted by Gasteiger charge is -2.41. The highest BCUT2D eigenvalue weighted by Crippen LogP contribution is 2.26. The highest BCUT2D eigenvalue weighted by Gasteiger charge is 2.48. The molecule has 0 aromatic heterocycles. The summed E-state index contributed by atoms with van der Waals surface area (Å²) in [5, 5.41) is 30.6. The largest absolute Gasteiger partial charge is 0.457 e. The van der Waals surface area contributed by atoms with Crippen LogP contribution in [0.3, 0.4) is 0 Å². The molecule has 1 aliphatic heterocycles. The average Bonchev–Trinajstić information content (AvgIpc) is 3.14. The molecule has 6 atom stereocenters. The van der Waals surface area contributed by atoms with E-state index < -0.39 is 59.8 Å². The van der Waals surface area contributed by atoms with Crippen LogP contribution in [-0.4, -0.2) is 97.5 Å². The van der Waals surface area contributed by atoms with Gasteiger partial charge in [0.1, 0.15) is 30.5 Å². The van der Waals surface area contributed by atoms with Gasteiger partial charge in [0.2, 0.25) is 0 Å². The standard InChI is InChI=1S/C41H78O12S/c1-3-5-7-9-11-13-15-17-19-21-23-25-27-29-31-49-33-35(34-50-41-39(45)40(53-54(46,47)48)38(44)36(32-42)52-41)51-37(43)30-28-26-24-22-20-18-16-14-12-10-8-6-4-2/h13,15,35-36,38-42,44-45H,3-12,14,16-34H2,1-2H3,(H,46,47,48)/b15-13-. The molecule has 320 valence electrons. The first-order valence-corrected chi connectivity index (χ1v) is 22.8. The third-order valence-corrected chi connectivity index (χ3v) is 10.4. The van der Waals surface area contributed by atoms with Gasteiger partial charge < -0.3 is 34.3 Å². The highest BCUT2D eigenvalue weighted by molar-refractivity contribution is 7.80. The van der Waals surface area contributed by atoms with E-state index in [1.54, 1.807) is 0 Å². The lowest BCUT2D eigenvalue weighted by molar-refractivity contribution is -0.301. The summed E-state index contributed by atoms with van der Waals surface area (Å²) in [6.45, 7) is 3.97. The monoisotopic (exact) mass is 795 g/mol. The van der Waals surface area contributed by atoms with Crippen molar-refractivity contribution in [2.24, 2.45) is 0 Å². The van der Waals surface area contributed by atoms with Crippen LogP contribution >= 0.6 is 0 Å². The van der Waals surface area contributed by atoms with Crippen LogP contribution in [-0.2, 0) is 38.3 Å². The van der Waals surface area contributed by atoms with Crippen molar-refractivity contribution in [1.82, 2.24) is 0 Å². The third kappa shape index (κ3) is 27.4. The summed E-state index contributed by atoms with van der Waals surface area (Å²) in [7, 11) is -5.05. The summed E-state index contributed by atoms with van der Waals surface area (Å²) in [6, 6.07) is 0. The van der Waals surface area contributed by atoms with Gasteiger partial charge in [-0.05, 0) is 38.5 Å². The van der Waals surface area contributed by atoms with E-state index in [0.717, 1.165) is 44.9 Å². The fourth-order valence-corrected chi connectivity index (χ4v) is 7.12. The van der Waals surface area contributed by atoms with E-state index in [1.165, 1.54) is 109 Å². The molecule has 12 nitrogen and oxygen atoms in total. The number of aliphatic hydroxyl groups is 3. The summed E-state index contributed by atoms with van der Waals surface area (Å²) < 4.78 is 58.9. The van der Waals surface area contributed by atoms with Gasteiger partial charge in [-0.2, -0.15) is 8.42 Å². The van der Waals surface area contributed by atoms with E-state index in [-0.39, 0.29) is 19.6 Å². The van der Waals surface area contributed by atoms with Crippen LogP contribution in [0.2, 0.25) is 0 Å². The van der Waals surface area contributed by atoms with Crippen molar-refractivity contribution in [2.45, 2.75) is 218 Å². The predicted molar refractivity (Wildman–Crippen MR) is 211 cm³/mol. The number of ether oxygens (including phenoxy) is 4. The first-order chi connectivity index (χ1) is 26.1. The van der Waals surface area contributed by atoms with Gasteiger partial charge in [-0.3, -0.25) is 9.35 Å². The molecule has 4 N–H and O–H groups in total. The molecule has 1 aliphatic rings. The molecule has 6 unspecified atom stereocenters. The number of rotatable bonds is 37. The van der Waals surface area contributed by atoms with Crippen LogP contribution in [0.5, 0.6) is 0 Å². The normalized spacial score (nSPS) is 21.2. The second-order valence-electron chi connectivity index (χ2n) is 14.9. The summed E-state index contributed by atoms with van der Waals surface area (Å²) in [6.07, 6.45) is 25.3. The molecule has 0 aromatic carbocycles. The first-order valence-electron chi connectivity index (χ1n) is 21.4. The number of aliphatic hydroxyl groups excluding tert-OH is 3. The summed E-state index contributed by atoms with van der Waals surface area (Å²) in [4.78, 5) is 12.8. The molecule has 1 rings (SSSR count). The Hall–Kier alpha value is -1.16. The average molecular weight is 795 g/mol. The van der Waals surface area contributed by atoms with E-state index in [9.17, 15) is 28.5 Å². The Balaban J connectivity index is 2.46. The molecule has 0 bridgehead atoms. The van der Waals surface area contributed by atoms with E-state index in [0.29, 0.717) is 13.0 Å². The van der Waals surface area contributed by atoms with Crippen molar-refractivity contribution in [3.05, 3.63) is 12.2 Å². The Bertz CT molecular complexity index is 1010. The molecule has 54 heavy (non-hydrogen) atoms. The number of hydrogen-bond donors (Lipinski definition) is 4. The van der Waals surface area contributed by atoms with Crippen molar-refractivity contribution < 1.29 is 56.2 Å². The Labute approximate surface area is 328 Å². The minimum Gasteiger partial charge on any atom is -0.457 e. The molecule has 0 saturated carbocycles. The maximum Gasteiger partial charge on any atom is 0.397 e. The van der Waals surface area contributed by atoms with Gasteiger partial charge >= 0.3 is 16.4 Å². The number of hydrogen-bond acceptors (Lipinski definition) is 11. The summed E-state index contributed by atoms with van der Waals surface area (Å²) in [5.74, 6) is -0.400. The van der Waals surface area contributed by atoms with Crippen LogP contribution in [0, 0.1) is 0 Å². The molecule has 1 heterocycles. The Kier molecular flexibility index (Phi) is 32.0. The highest BCUT2D eigenvalue weighted by atomic mass is 32.3. The summed E-state index contributed by atoms with van der Waals surface area (Å²) in [5.41, 5.74) is 0. The summed E-state index contributed by atoms with van der Waals surface area (Å²) >= 11 is 0. The van der Waals surface area contributed by atoms with Crippen LogP contribution in [0.15, 0.2) is 12.2 Å². The SMILES string of the molecule is CCCCCC/C=C\CCCCCCCCOCC(COC1OC(CO)C(O)C(OS(=O)(=O)O)C1O)OC(=O)CCCCCCCCCCCCCCC. The van der Waals surface area contributed by atoms with Gasteiger partial charge in [0.05, 0.1) is 19.8 Å². The number of esters is 1. The molecule has 1 saturated heterocycles. The number of carbonyl (C=O) groups excluding carboxylic acids is 1. The zero-order valence-electron chi connectivity index (χ0n) is 33.8. The quantitative estimate of drug-likeness (QED) is 0.0205. The Morgan fingerprint density at radius 2 is 1.17 bits per heavy atom. The maximum absolute atomic E-state index is 12.8. The fraction of sp³-hybridized carbons (Fsp3) is 0.927. The number of allylic oxidation sites excluding steroid dienone is 2. The van der Waals surface area contributed by atoms with Crippen molar-refractivity contribution in [1.29, 1.82) is 0 Å². The van der Waals surface area contributed by atoms with Crippen LogP contribution in [0.4, 0.5) is 0 Å². The van der Waals surface area contributed by atoms with Crippen LogP contribution < -0.4 is 0 Å². The van der Waals surface area contributed by atoms with Gasteiger partial charge in [0.25, 0.3) is 0 Å². The lowest BCUT2D eigenvalue weighted by Crippen LogP contribution is -2.60. The smallest absolute Gasteiger partial charge is 0.397 e. The maximum atomic E-state index is 12.8. The molecule has 0 aliphatic carbocycles. The molecule has 13 heteroatoms. The van der Waals surface area contributed by atoms with Gasteiger partial charge in [-0.25, -0.2) is 4.18 Å². The molecule has 0 radical (unpaired) electrons. The predicted octanol–water partition coefficient (Wildman–Crippen LogP) is 8.30. The van der Waals surface area contributed by atoms with Gasteiger partial charge in [0, 0.05) is 13.0 Å². The molecular formula is C41H78O12S. The molecule has 1 fully saturated rings. The second-order valence-corrected chi connectivity index (χ2v) is 16.0. The van der Waals surface area contributed by atoms with Crippen molar-refractivity contribution in [3.8, 4) is 0 Å². The van der Waals surface area contributed by atoms with E-state index in [4.69, 9.17) is 23.5 Å². The fourth-order valence-electron chi connectivity index (χ4n) is 6.61. The van der Waals surface area contributed by atoms with Gasteiger partial charge in [-0.15, -0.1) is 0 Å². The Morgan fingerprint density at radius 1 is 0.685 bits per heavy atom. The minimum absolute atomic E-state index is 0.0366. The van der Waals surface area contributed by atoms with Gasteiger partial charge in [-0.1, -0.05) is 148 Å². The van der Waals surface area contributed by atoms with Crippen molar-refractivity contribution >= 4 is 16.4 Å². The van der Waals surface area contributed by atoms with E-state index >= 15 is 0 Å². The Morgan fingerprint density at radius 3 is 1.69 bits per heavy atom. The van der Waals surface area contributed by atoms with Crippen LogP contribution in [0.25, 0.3) is 0 Å².